The first kappa shape index (κ1) is 15.6. The number of methoxy groups -OCH3 is 1. The van der Waals surface area contributed by atoms with Crippen LogP contribution in [0, 0.1) is 0 Å². The highest BCUT2D eigenvalue weighted by molar-refractivity contribution is 6.35. The summed E-state index contributed by atoms with van der Waals surface area (Å²) < 4.78 is 5.19. The molecule has 0 aliphatic heterocycles. The first-order valence-electron chi connectivity index (χ1n) is 6.92. The molecule has 5 nitrogen and oxygen atoms in total. The molecule has 114 valence electrons. The Bertz CT molecular complexity index is 641. The Labute approximate surface area is 129 Å². The van der Waals surface area contributed by atoms with E-state index in [-0.39, 0.29) is 6.54 Å². The first-order valence-corrected chi connectivity index (χ1v) is 6.92. The molecule has 0 unspecified atom stereocenters. The van der Waals surface area contributed by atoms with Crippen LogP contribution in [0.3, 0.4) is 0 Å². The van der Waals surface area contributed by atoms with E-state index < -0.39 is 11.8 Å². The third-order valence-corrected chi connectivity index (χ3v) is 3.13. The molecule has 2 aromatic carbocycles. The molecule has 2 amide bonds. The molecule has 2 aromatic rings. The maximum absolute atomic E-state index is 11.8. The summed E-state index contributed by atoms with van der Waals surface area (Å²) in [6.07, 6.45) is 0. The topological polar surface area (TPSA) is 67.4 Å². The third kappa shape index (κ3) is 4.34. The Kier molecular flexibility index (Phi) is 5.54. The molecule has 0 aliphatic rings. The number of rotatable bonds is 5. The van der Waals surface area contributed by atoms with Crippen LogP contribution in [0.2, 0.25) is 0 Å². The summed E-state index contributed by atoms with van der Waals surface area (Å²) in [6.45, 7) is 0.559. The van der Waals surface area contributed by atoms with Crippen molar-refractivity contribution in [3.8, 4) is 5.75 Å². The molecule has 2 rings (SSSR count). The van der Waals surface area contributed by atoms with Gasteiger partial charge in [-0.15, -0.1) is 0 Å². The molecule has 2 N–H and O–H groups in total. The van der Waals surface area contributed by atoms with E-state index in [0.717, 1.165) is 11.1 Å². The molecule has 0 spiro atoms. The summed E-state index contributed by atoms with van der Waals surface area (Å²) in [5.41, 5.74) is 1.75. The average molecular weight is 298 g/mol. The SMILES string of the molecule is COc1ccccc1CNC(=O)C(=O)NCc1ccccc1. The van der Waals surface area contributed by atoms with Crippen LogP contribution >= 0.6 is 0 Å². The van der Waals surface area contributed by atoms with E-state index >= 15 is 0 Å². The van der Waals surface area contributed by atoms with Gasteiger partial charge >= 0.3 is 11.8 Å². The molecule has 0 radical (unpaired) electrons. The van der Waals surface area contributed by atoms with Crippen LogP contribution < -0.4 is 15.4 Å². The van der Waals surface area contributed by atoms with E-state index in [1.807, 2.05) is 48.5 Å². The molecular weight excluding hydrogens is 280 g/mol. The van der Waals surface area contributed by atoms with Crippen LogP contribution in [0.1, 0.15) is 11.1 Å². The largest absolute Gasteiger partial charge is 0.496 e. The van der Waals surface area contributed by atoms with Crippen LogP contribution in [0.4, 0.5) is 0 Å². The van der Waals surface area contributed by atoms with E-state index in [2.05, 4.69) is 10.6 Å². The van der Waals surface area contributed by atoms with Crippen molar-refractivity contribution in [2.45, 2.75) is 13.1 Å². The number of hydrogen-bond acceptors (Lipinski definition) is 3. The van der Waals surface area contributed by atoms with Crippen molar-refractivity contribution < 1.29 is 14.3 Å². The van der Waals surface area contributed by atoms with Gasteiger partial charge in [-0.1, -0.05) is 48.5 Å². The molecule has 0 atom stereocenters. The Balaban J connectivity index is 1.83. The molecule has 0 saturated carbocycles. The minimum absolute atomic E-state index is 0.238. The monoisotopic (exact) mass is 298 g/mol. The van der Waals surface area contributed by atoms with Gasteiger partial charge in [0.25, 0.3) is 0 Å². The van der Waals surface area contributed by atoms with Crippen LogP contribution in [0.25, 0.3) is 0 Å². The summed E-state index contributed by atoms with van der Waals surface area (Å²) in [5.74, 6) is -0.645. The first-order chi connectivity index (χ1) is 10.7. The Morgan fingerprint density at radius 1 is 0.864 bits per heavy atom. The predicted molar refractivity (Wildman–Crippen MR) is 83.1 cm³/mol. The van der Waals surface area contributed by atoms with Gasteiger partial charge in [0.05, 0.1) is 7.11 Å². The molecule has 0 fully saturated rings. The van der Waals surface area contributed by atoms with Crippen molar-refractivity contribution in [1.29, 1.82) is 0 Å². The lowest BCUT2D eigenvalue weighted by molar-refractivity contribution is -0.139. The highest BCUT2D eigenvalue weighted by atomic mass is 16.5. The molecule has 0 heterocycles. The number of amides is 2. The van der Waals surface area contributed by atoms with Crippen molar-refractivity contribution >= 4 is 11.8 Å². The molecule has 0 saturated heterocycles. The van der Waals surface area contributed by atoms with E-state index in [9.17, 15) is 9.59 Å². The van der Waals surface area contributed by atoms with Crippen molar-refractivity contribution in [2.24, 2.45) is 0 Å². The molecule has 22 heavy (non-hydrogen) atoms. The average Bonchev–Trinajstić information content (AvgIpc) is 2.58. The Hall–Kier alpha value is -2.82. The minimum atomic E-state index is -0.665. The lowest BCUT2D eigenvalue weighted by atomic mass is 10.2. The van der Waals surface area contributed by atoms with Crippen molar-refractivity contribution in [3.63, 3.8) is 0 Å². The number of para-hydroxylation sites is 1. The zero-order valence-corrected chi connectivity index (χ0v) is 12.3. The van der Waals surface area contributed by atoms with E-state index in [1.54, 1.807) is 13.2 Å². The van der Waals surface area contributed by atoms with Crippen LogP contribution in [-0.2, 0) is 22.7 Å². The van der Waals surface area contributed by atoms with Crippen LogP contribution in [0.5, 0.6) is 5.75 Å². The standard InChI is InChI=1S/C17H18N2O3/c1-22-15-10-6-5-9-14(15)12-19-17(21)16(20)18-11-13-7-3-2-4-8-13/h2-10H,11-12H2,1H3,(H,18,20)(H,19,21). The predicted octanol–water partition coefficient (Wildman–Crippen LogP) is 1.63. The van der Waals surface area contributed by atoms with Crippen molar-refractivity contribution in [2.75, 3.05) is 7.11 Å². The van der Waals surface area contributed by atoms with Crippen molar-refractivity contribution in [3.05, 3.63) is 65.7 Å². The van der Waals surface area contributed by atoms with Gasteiger partial charge in [-0.2, -0.15) is 0 Å². The normalized spacial score (nSPS) is 9.86. The number of nitrogens with one attached hydrogen (secondary N) is 2. The second kappa shape index (κ2) is 7.83. The van der Waals surface area contributed by atoms with Crippen LogP contribution in [-0.4, -0.2) is 18.9 Å². The van der Waals surface area contributed by atoms with E-state index in [1.165, 1.54) is 0 Å². The lowest BCUT2D eigenvalue weighted by Crippen LogP contribution is -2.39. The van der Waals surface area contributed by atoms with Gasteiger partial charge in [-0.05, 0) is 11.6 Å². The molecule has 0 bridgehead atoms. The summed E-state index contributed by atoms with van der Waals surface area (Å²) in [5, 5.41) is 5.16. The van der Waals surface area contributed by atoms with Crippen LogP contribution in [0.15, 0.2) is 54.6 Å². The van der Waals surface area contributed by atoms with E-state index in [4.69, 9.17) is 4.74 Å². The fourth-order valence-corrected chi connectivity index (χ4v) is 1.96. The van der Waals surface area contributed by atoms with Gasteiger partial charge in [0.2, 0.25) is 0 Å². The van der Waals surface area contributed by atoms with Gasteiger partial charge in [0, 0.05) is 18.7 Å². The maximum atomic E-state index is 11.8. The number of benzene rings is 2. The summed E-state index contributed by atoms with van der Waals surface area (Å²) in [4.78, 5) is 23.5. The van der Waals surface area contributed by atoms with Gasteiger partial charge in [0.15, 0.2) is 0 Å². The van der Waals surface area contributed by atoms with Gasteiger partial charge in [-0.3, -0.25) is 9.59 Å². The lowest BCUT2D eigenvalue weighted by Gasteiger charge is -2.09. The molecule has 5 heteroatoms. The van der Waals surface area contributed by atoms with Gasteiger partial charge < -0.3 is 15.4 Å². The third-order valence-electron chi connectivity index (χ3n) is 3.13. The summed E-state index contributed by atoms with van der Waals surface area (Å²) in [7, 11) is 1.56. The second-order valence-electron chi connectivity index (χ2n) is 4.66. The quantitative estimate of drug-likeness (QED) is 0.824. The van der Waals surface area contributed by atoms with E-state index in [0.29, 0.717) is 12.3 Å². The number of hydrogen-bond donors (Lipinski definition) is 2. The molecule has 0 aliphatic carbocycles. The highest BCUT2D eigenvalue weighted by Crippen LogP contribution is 2.16. The maximum Gasteiger partial charge on any atom is 0.309 e. The molecule has 0 aromatic heterocycles. The number of carbonyl (C=O) groups excluding carboxylic acids is 2. The highest BCUT2D eigenvalue weighted by Gasteiger charge is 2.13. The Morgan fingerprint density at radius 2 is 1.45 bits per heavy atom. The summed E-state index contributed by atoms with van der Waals surface area (Å²) >= 11 is 0. The minimum Gasteiger partial charge on any atom is -0.496 e. The second-order valence-corrected chi connectivity index (χ2v) is 4.66. The number of carbonyl (C=O) groups is 2. The van der Waals surface area contributed by atoms with Gasteiger partial charge in [-0.25, -0.2) is 0 Å². The molecular formula is C17H18N2O3. The smallest absolute Gasteiger partial charge is 0.309 e. The Morgan fingerprint density at radius 3 is 2.14 bits per heavy atom. The zero-order valence-electron chi connectivity index (χ0n) is 12.3. The van der Waals surface area contributed by atoms with Crippen molar-refractivity contribution in [1.82, 2.24) is 10.6 Å². The van der Waals surface area contributed by atoms with Gasteiger partial charge in [0.1, 0.15) is 5.75 Å². The summed E-state index contributed by atoms with van der Waals surface area (Å²) in [6, 6.07) is 16.7. The number of ether oxygens (including phenoxy) is 1. The fraction of sp³-hybridized carbons (Fsp3) is 0.176. The fourth-order valence-electron chi connectivity index (χ4n) is 1.96. The zero-order chi connectivity index (χ0) is 15.8.